The van der Waals surface area contributed by atoms with E-state index in [9.17, 15) is 0 Å². The molecule has 5 nitrogen and oxygen atoms in total. The maximum atomic E-state index is 6.80. The van der Waals surface area contributed by atoms with Crippen molar-refractivity contribution < 1.29 is 24.1 Å². The van der Waals surface area contributed by atoms with Gasteiger partial charge in [0, 0.05) is 11.8 Å². The summed E-state index contributed by atoms with van der Waals surface area (Å²) >= 11 is 2.55. The maximum absolute atomic E-state index is 6.80. The minimum absolute atomic E-state index is 0.0919. The Balaban J connectivity index is 0.923. The third-order valence-electron chi connectivity index (χ3n) is 15.5. The van der Waals surface area contributed by atoms with Crippen LogP contribution in [0.25, 0.3) is 83.4 Å². The number of imidazole rings is 1. The van der Waals surface area contributed by atoms with Crippen molar-refractivity contribution in [3.05, 3.63) is 220 Å². The van der Waals surface area contributed by atoms with Gasteiger partial charge in [-0.3, -0.25) is 0 Å². The van der Waals surface area contributed by atoms with Crippen LogP contribution < -0.4 is 4.74 Å². The molecule has 3 aromatic heterocycles. The van der Waals surface area contributed by atoms with Crippen LogP contribution in [0.3, 0.4) is 0 Å². The van der Waals surface area contributed by atoms with E-state index in [1.807, 2.05) is 18.3 Å². The molecule has 0 spiro atoms. The number of aromatic nitrogens is 4. The number of rotatable bonds is 8. The number of fused-ring (bicyclic) bond motifs is 7. The van der Waals surface area contributed by atoms with E-state index in [-0.39, 0.29) is 5.41 Å². The molecule has 0 amide bonds. The van der Waals surface area contributed by atoms with Crippen molar-refractivity contribution in [2.24, 2.45) is 5.92 Å². The Kier molecular flexibility index (Phi) is 11.0. The standard InChI is InChI=1S/C66H54N4O.Pt/c1-43-37-63(67-41-58(43)46-29-32-48(33-30-46)66(2,3)4)70-59-26-12-11-24-53(59)54-36-34-51(39-62(54)70)71-50-23-16-22-49(38-50)68-42-69(61-28-14-13-27-60(61)68)65-56(44-17-7-5-8-18-44)40-57-52-25-15-21-45(52)31-35-55(57)64(65)47-19-9-6-10-20-47;/h5-14,16-20,22-24,26-30,32-34,36-37,40-41,45,52H,15,21,25,31,35H2,1-4H3;/q-2;. The average molecular weight is 1110 g/mol. The Morgan fingerprint density at radius 2 is 1.28 bits per heavy atom. The molecule has 11 aromatic rings. The van der Waals surface area contributed by atoms with Crippen LogP contribution in [0.1, 0.15) is 74.6 Å². The minimum Gasteiger partial charge on any atom is -0.0579 e. The van der Waals surface area contributed by atoms with Crippen molar-refractivity contribution in [3.8, 4) is 62.1 Å². The molecule has 8 aromatic carbocycles. The molecule has 0 aliphatic heterocycles. The third-order valence-corrected chi connectivity index (χ3v) is 16.5. The fraction of sp³-hybridized carbons (Fsp3) is 0.182. The van der Waals surface area contributed by atoms with Crippen LogP contribution in [0.2, 0.25) is 0 Å². The molecule has 13 rings (SSSR count). The number of nitrogens with zero attached hydrogens (tertiary/aromatic N) is 4. The summed E-state index contributed by atoms with van der Waals surface area (Å²) in [7, 11) is 0. The number of para-hydroxylation sites is 3. The Bertz CT molecular complexity index is 3950. The molecule has 0 radical (unpaired) electrons. The molecule has 1 saturated carbocycles. The van der Waals surface area contributed by atoms with Crippen LogP contribution in [0.5, 0.6) is 11.5 Å². The van der Waals surface area contributed by atoms with Crippen LogP contribution in [-0.4, -0.2) is 18.7 Å². The second-order valence-electron chi connectivity index (χ2n) is 20.8. The van der Waals surface area contributed by atoms with Gasteiger partial charge in [-0.05, 0) is 29.0 Å². The zero-order valence-corrected chi connectivity index (χ0v) is 43.3. The first kappa shape index (κ1) is 44.6. The quantitative estimate of drug-likeness (QED) is 0.142. The molecular weight excluding hydrogens is 1060 g/mol. The summed E-state index contributed by atoms with van der Waals surface area (Å²) in [4.78, 5) is 5.11. The van der Waals surface area contributed by atoms with Gasteiger partial charge in [0.1, 0.15) is 0 Å². The van der Waals surface area contributed by atoms with Crippen molar-refractivity contribution >= 4 is 32.8 Å². The van der Waals surface area contributed by atoms with Crippen molar-refractivity contribution in [1.82, 2.24) is 18.7 Å². The van der Waals surface area contributed by atoms with E-state index in [4.69, 9.17) is 9.72 Å². The van der Waals surface area contributed by atoms with Crippen molar-refractivity contribution in [2.45, 2.75) is 71.1 Å². The molecule has 3 heterocycles. The molecule has 6 heteroatoms. The van der Waals surface area contributed by atoms with Crippen LogP contribution in [-0.2, 0) is 31.2 Å². The van der Waals surface area contributed by atoms with Gasteiger partial charge in [-0.1, -0.05) is 57.2 Å². The van der Waals surface area contributed by atoms with Gasteiger partial charge in [-0.15, -0.1) is 0 Å². The van der Waals surface area contributed by atoms with Gasteiger partial charge < -0.3 is 0 Å². The monoisotopic (exact) mass is 1110 g/mol. The molecular formula is C66H54N4OPt-2. The van der Waals surface area contributed by atoms with Gasteiger partial charge in [0.05, 0.1) is 0 Å². The molecule has 2 aliphatic rings. The van der Waals surface area contributed by atoms with Gasteiger partial charge in [-0.2, -0.15) is 0 Å². The number of pyridine rings is 1. The Hall–Kier alpha value is -7.33. The van der Waals surface area contributed by atoms with Gasteiger partial charge in [0.2, 0.25) is 0 Å². The molecule has 2 unspecified atom stereocenters. The molecule has 0 saturated heterocycles. The predicted molar refractivity (Wildman–Crippen MR) is 290 cm³/mol. The van der Waals surface area contributed by atoms with Gasteiger partial charge in [0.15, 0.2) is 0 Å². The molecule has 356 valence electrons. The van der Waals surface area contributed by atoms with Gasteiger partial charge in [-0.25, -0.2) is 0 Å². The summed E-state index contributed by atoms with van der Waals surface area (Å²) in [6.07, 6.45) is 8.27. The number of ether oxygens (including phenoxy) is 1. The number of hydrogen-bond acceptors (Lipinski definition) is 2. The molecule has 1 fully saturated rings. The summed E-state index contributed by atoms with van der Waals surface area (Å²) in [5.41, 5.74) is 19.3. The van der Waals surface area contributed by atoms with Crippen molar-refractivity contribution in [1.29, 1.82) is 0 Å². The van der Waals surface area contributed by atoms with E-state index >= 15 is 0 Å². The second-order valence-corrected chi connectivity index (χ2v) is 21.8. The molecule has 2 atom stereocenters. The van der Waals surface area contributed by atoms with Crippen LogP contribution >= 0.6 is 0 Å². The Morgan fingerprint density at radius 3 is 2.03 bits per heavy atom. The van der Waals surface area contributed by atoms with Crippen LogP contribution in [0.15, 0.2) is 182 Å². The zero-order valence-electron chi connectivity index (χ0n) is 41.0. The first-order valence-corrected chi connectivity index (χ1v) is 26.5. The first-order chi connectivity index (χ1) is 35.2. The molecule has 0 N–H and O–H groups in total. The average Bonchev–Trinajstić information content (AvgIpc) is 4.11. The second kappa shape index (κ2) is 17.8. The summed E-state index contributed by atoms with van der Waals surface area (Å²) in [5.74, 6) is 3.42. The van der Waals surface area contributed by atoms with Gasteiger partial charge >= 0.3 is 337 Å². The fourth-order valence-electron chi connectivity index (χ4n) is 12.0. The molecule has 2 aliphatic carbocycles. The third kappa shape index (κ3) is 7.55. The molecule has 72 heavy (non-hydrogen) atoms. The zero-order chi connectivity index (χ0) is 48.7. The van der Waals surface area contributed by atoms with E-state index in [2.05, 4.69) is 237 Å². The van der Waals surface area contributed by atoms with E-state index in [0.717, 1.165) is 77.2 Å². The van der Waals surface area contributed by atoms with Crippen molar-refractivity contribution in [3.63, 3.8) is 0 Å². The smallest absolute Gasteiger partial charge is 0.0579 e. The van der Waals surface area contributed by atoms with Gasteiger partial charge in [0.25, 0.3) is 0 Å². The normalized spacial score (nSPS) is 15.6. The predicted octanol–water partition coefficient (Wildman–Crippen LogP) is 16.8. The number of aryl methyl sites for hydroxylation is 1. The van der Waals surface area contributed by atoms with E-state index in [0.29, 0.717) is 17.4 Å². The van der Waals surface area contributed by atoms with E-state index in [1.165, 1.54) is 64.8 Å². The first-order valence-electron chi connectivity index (χ1n) is 25.4. The van der Waals surface area contributed by atoms with Crippen LogP contribution in [0, 0.1) is 28.8 Å². The SMILES string of the molecule is Cc1cc(-n2c3[c-]c(Oc4[c-]c(-n5[c](=[Pt])n(-c6c(-c7ccccc7)cc7c(c6-c6ccccc6)CCC6CCCC76)c6ccccc65)ccc4)ccc3c3ccccc32)ncc1-c1ccc(C(C)(C)C)cc1. The topological polar surface area (TPSA) is 36.9 Å². The number of hydrogen-bond donors (Lipinski definition) is 0. The number of benzene rings is 8. The fourth-order valence-corrected chi connectivity index (χ4v) is 13.1. The van der Waals surface area contributed by atoms with E-state index in [1.54, 1.807) is 5.56 Å². The summed E-state index contributed by atoms with van der Waals surface area (Å²) in [6, 6.07) is 70.9. The summed E-state index contributed by atoms with van der Waals surface area (Å²) < 4.78 is 14.9. The summed E-state index contributed by atoms with van der Waals surface area (Å²) in [5, 5.41) is 2.23. The Labute approximate surface area is 432 Å². The minimum atomic E-state index is 0.0919. The Morgan fingerprint density at radius 1 is 0.597 bits per heavy atom. The van der Waals surface area contributed by atoms with E-state index < -0.39 is 0 Å². The summed E-state index contributed by atoms with van der Waals surface area (Å²) in [6.45, 7) is 8.92. The van der Waals surface area contributed by atoms with Crippen molar-refractivity contribution in [2.75, 3.05) is 0 Å². The molecule has 0 bridgehead atoms. The van der Waals surface area contributed by atoms with Crippen LogP contribution in [0.4, 0.5) is 0 Å².